The Hall–Kier alpha value is -1.07. The molecule has 1 aliphatic rings. The maximum absolute atomic E-state index is 12.2. The Labute approximate surface area is 118 Å². The van der Waals surface area contributed by atoms with E-state index in [9.17, 15) is 4.79 Å². The number of hydrogen-bond donors (Lipinski definition) is 1. The lowest BCUT2D eigenvalue weighted by atomic mass is 10.3. The van der Waals surface area contributed by atoms with E-state index in [0.717, 1.165) is 51.1 Å². The Morgan fingerprint density at radius 2 is 2.26 bits per heavy atom. The zero-order valence-corrected chi connectivity index (χ0v) is 12.1. The number of anilines is 1. The summed E-state index contributed by atoms with van der Waals surface area (Å²) in [5.41, 5.74) is 0.591. The first-order valence-corrected chi connectivity index (χ1v) is 7.33. The fourth-order valence-corrected chi connectivity index (χ4v) is 2.50. The molecule has 0 aliphatic carbocycles. The van der Waals surface area contributed by atoms with Crippen molar-refractivity contribution in [1.29, 1.82) is 0 Å². The number of unbranched alkanes of at least 4 members (excludes halogenated alkanes) is 1. The molecule has 0 amide bonds. The molecule has 1 aliphatic heterocycles. The van der Waals surface area contributed by atoms with Crippen molar-refractivity contribution in [2.24, 2.45) is 0 Å². The van der Waals surface area contributed by atoms with Gasteiger partial charge in [0.2, 0.25) is 0 Å². The quantitative estimate of drug-likeness (QED) is 0.910. The second-order valence-corrected chi connectivity index (χ2v) is 5.19. The van der Waals surface area contributed by atoms with Gasteiger partial charge in [-0.15, -0.1) is 0 Å². The Morgan fingerprint density at radius 3 is 3.05 bits per heavy atom. The van der Waals surface area contributed by atoms with Gasteiger partial charge in [-0.25, -0.2) is 4.68 Å². The van der Waals surface area contributed by atoms with E-state index in [1.807, 2.05) is 0 Å². The van der Waals surface area contributed by atoms with E-state index < -0.39 is 0 Å². The maximum Gasteiger partial charge on any atom is 0.287 e. The Morgan fingerprint density at radius 1 is 1.42 bits per heavy atom. The second kappa shape index (κ2) is 6.91. The van der Waals surface area contributed by atoms with Gasteiger partial charge in [0.25, 0.3) is 5.56 Å². The monoisotopic (exact) mass is 284 g/mol. The van der Waals surface area contributed by atoms with Crippen molar-refractivity contribution >= 4 is 17.3 Å². The van der Waals surface area contributed by atoms with Gasteiger partial charge in [0.1, 0.15) is 5.02 Å². The van der Waals surface area contributed by atoms with E-state index in [0.29, 0.717) is 11.6 Å². The van der Waals surface area contributed by atoms with E-state index in [4.69, 9.17) is 11.6 Å². The number of aromatic nitrogens is 2. The molecule has 5 nitrogen and oxygen atoms in total. The fraction of sp³-hybridized carbons (Fsp3) is 0.692. The normalized spacial score (nSPS) is 16.4. The highest BCUT2D eigenvalue weighted by atomic mass is 35.5. The summed E-state index contributed by atoms with van der Waals surface area (Å²) in [4.78, 5) is 14.3. The first-order valence-electron chi connectivity index (χ1n) is 6.95. The average molecular weight is 285 g/mol. The highest BCUT2D eigenvalue weighted by molar-refractivity contribution is 6.33. The van der Waals surface area contributed by atoms with Gasteiger partial charge in [0.15, 0.2) is 0 Å². The molecule has 19 heavy (non-hydrogen) atoms. The molecule has 1 fully saturated rings. The second-order valence-electron chi connectivity index (χ2n) is 4.82. The van der Waals surface area contributed by atoms with Crippen LogP contribution in [0.1, 0.15) is 26.2 Å². The van der Waals surface area contributed by atoms with Crippen molar-refractivity contribution in [2.45, 2.75) is 32.7 Å². The van der Waals surface area contributed by atoms with Crippen LogP contribution in [-0.2, 0) is 6.54 Å². The Kier molecular flexibility index (Phi) is 5.22. The molecule has 0 aromatic carbocycles. The molecule has 106 valence electrons. The third kappa shape index (κ3) is 3.48. The van der Waals surface area contributed by atoms with Crippen LogP contribution in [0.4, 0.5) is 5.69 Å². The number of nitrogens with one attached hydrogen (secondary N) is 1. The first kappa shape index (κ1) is 14.3. The summed E-state index contributed by atoms with van der Waals surface area (Å²) in [6.45, 7) is 6.42. The zero-order chi connectivity index (χ0) is 13.7. The number of halogens is 1. The van der Waals surface area contributed by atoms with E-state index in [1.165, 1.54) is 4.68 Å². The van der Waals surface area contributed by atoms with Crippen molar-refractivity contribution < 1.29 is 0 Å². The highest BCUT2D eigenvalue weighted by Gasteiger charge is 2.16. The van der Waals surface area contributed by atoms with Crippen LogP contribution in [0.5, 0.6) is 0 Å². The molecule has 0 bridgehead atoms. The third-order valence-corrected chi connectivity index (χ3v) is 3.73. The minimum Gasteiger partial charge on any atom is -0.368 e. The number of aryl methyl sites for hydroxylation is 1. The summed E-state index contributed by atoms with van der Waals surface area (Å²) in [5, 5.41) is 7.87. The molecule has 1 aromatic heterocycles. The molecule has 1 aromatic rings. The molecule has 2 heterocycles. The third-order valence-electron chi connectivity index (χ3n) is 3.37. The van der Waals surface area contributed by atoms with Crippen LogP contribution >= 0.6 is 11.6 Å². The number of hydrogen-bond acceptors (Lipinski definition) is 4. The van der Waals surface area contributed by atoms with Gasteiger partial charge < -0.3 is 10.2 Å². The lowest BCUT2D eigenvalue weighted by molar-refractivity contribution is 0.542. The molecule has 0 saturated carbocycles. The molecule has 6 heteroatoms. The SMILES string of the molecule is CCCCn1ncc(N2CCCNCC2)c(Cl)c1=O. The molecular formula is C13H21ClN4O. The predicted octanol–water partition coefficient (Wildman–Crippen LogP) is 1.50. The molecule has 2 rings (SSSR count). The minimum atomic E-state index is -0.176. The van der Waals surface area contributed by atoms with Crippen molar-refractivity contribution in [2.75, 3.05) is 31.1 Å². The Bertz CT molecular complexity index is 466. The van der Waals surface area contributed by atoms with Gasteiger partial charge in [-0.05, 0) is 19.4 Å². The number of nitrogens with zero attached hydrogens (tertiary/aromatic N) is 3. The van der Waals surface area contributed by atoms with Crippen LogP contribution in [0.25, 0.3) is 0 Å². The molecular weight excluding hydrogens is 264 g/mol. The topological polar surface area (TPSA) is 50.2 Å². The van der Waals surface area contributed by atoms with E-state index in [2.05, 4.69) is 22.2 Å². The lowest BCUT2D eigenvalue weighted by Crippen LogP contribution is -2.32. The average Bonchev–Trinajstić information content (AvgIpc) is 2.69. The van der Waals surface area contributed by atoms with Crippen LogP contribution < -0.4 is 15.8 Å². The van der Waals surface area contributed by atoms with Gasteiger partial charge in [-0.2, -0.15) is 5.10 Å². The minimum absolute atomic E-state index is 0.176. The zero-order valence-electron chi connectivity index (χ0n) is 11.4. The summed E-state index contributed by atoms with van der Waals surface area (Å²) in [7, 11) is 0. The largest absolute Gasteiger partial charge is 0.368 e. The van der Waals surface area contributed by atoms with Crippen molar-refractivity contribution in [1.82, 2.24) is 15.1 Å². The first-order chi connectivity index (χ1) is 9.24. The summed E-state index contributed by atoms with van der Waals surface area (Å²) in [6, 6.07) is 0. The molecule has 0 radical (unpaired) electrons. The van der Waals surface area contributed by atoms with Crippen molar-refractivity contribution in [3.8, 4) is 0 Å². The fourth-order valence-electron chi connectivity index (χ4n) is 2.23. The highest BCUT2D eigenvalue weighted by Crippen LogP contribution is 2.21. The van der Waals surface area contributed by atoms with Gasteiger partial charge in [-0.1, -0.05) is 24.9 Å². The maximum atomic E-state index is 12.2. The summed E-state index contributed by atoms with van der Waals surface area (Å²) in [5.74, 6) is 0. The molecule has 1 N–H and O–H groups in total. The van der Waals surface area contributed by atoms with Gasteiger partial charge in [-0.3, -0.25) is 4.79 Å². The lowest BCUT2D eigenvalue weighted by Gasteiger charge is -2.23. The van der Waals surface area contributed by atoms with Crippen molar-refractivity contribution in [3.63, 3.8) is 0 Å². The molecule has 0 unspecified atom stereocenters. The summed E-state index contributed by atoms with van der Waals surface area (Å²) >= 11 is 6.23. The standard InChI is InChI=1S/C13H21ClN4O/c1-2-3-8-18-13(19)12(14)11(10-16-18)17-7-4-5-15-6-9-17/h10,15H,2-9H2,1H3. The van der Waals surface area contributed by atoms with E-state index in [-0.39, 0.29) is 5.56 Å². The number of rotatable bonds is 4. The van der Waals surface area contributed by atoms with Crippen molar-refractivity contribution in [3.05, 3.63) is 21.6 Å². The van der Waals surface area contributed by atoms with Crippen LogP contribution in [0.3, 0.4) is 0 Å². The van der Waals surface area contributed by atoms with Crippen LogP contribution in [-0.4, -0.2) is 36.0 Å². The summed E-state index contributed by atoms with van der Waals surface area (Å²) < 4.78 is 1.46. The molecule has 0 atom stereocenters. The van der Waals surface area contributed by atoms with Crippen LogP contribution in [0.2, 0.25) is 5.02 Å². The molecule has 1 saturated heterocycles. The van der Waals surface area contributed by atoms with E-state index >= 15 is 0 Å². The molecule has 0 spiro atoms. The van der Waals surface area contributed by atoms with Gasteiger partial charge in [0, 0.05) is 26.2 Å². The smallest absolute Gasteiger partial charge is 0.287 e. The van der Waals surface area contributed by atoms with Gasteiger partial charge >= 0.3 is 0 Å². The van der Waals surface area contributed by atoms with Crippen LogP contribution in [0.15, 0.2) is 11.0 Å². The van der Waals surface area contributed by atoms with Gasteiger partial charge in [0.05, 0.1) is 11.9 Å². The Balaban J connectivity index is 2.22. The van der Waals surface area contributed by atoms with E-state index in [1.54, 1.807) is 6.20 Å². The van der Waals surface area contributed by atoms with Crippen LogP contribution in [0, 0.1) is 0 Å². The summed E-state index contributed by atoms with van der Waals surface area (Å²) in [6.07, 6.45) is 4.75. The predicted molar refractivity (Wildman–Crippen MR) is 78.1 cm³/mol.